The molecule has 0 bridgehead atoms. The van der Waals surface area contributed by atoms with Gasteiger partial charge in [0.2, 0.25) is 0 Å². The molecular formula is C36H28. The zero-order valence-electron chi connectivity index (χ0n) is 21.2. The van der Waals surface area contributed by atoms with Crippen LogP contribution in [-0.4, -0.2) is 0 Å². The Balaban J connectivity index is 1.50. The van der Waals surface area contributed by atoms with Crippen LogP contribution in [0.1, 0.15) is 49.9 Å². The first kappa shape index (κ1) is 20.3. The van der Waals surface area contributed by atoms with Crippen molar-refractivity contribution in [3.8, 4) is 22.3 Å². The normalized spacial score (nSPS) is 16.2. The molecule has 0 heterocycles. The van der Waals surface area contributed by atoms with Gasteiger partial charge >= 0.3 is 0 Å². The molecule has 0 saturated carbocycles. The van der Waals surface area contributed by atoms with E-state index in [2.05, 4.69) is 125 Å². The summed E-state index contributed by atoms with van der Waals surface area (Å²) in [7, 11) is 0. The molecule has 2 aliphatic rings. The molecule has 36 heavy (non-hydrogen) atoms. The number of hydrogen-bond acceptors (Lipinski definition) is 0. The van der Waals surface area contributed by atoms with E-state index in [9.17, 15) is 0 Å². The maximum atomic E-state index is 2.53. The molecule has 0 saturated heterocycles. The van der Waals surface area contributed by atoms with E-state index < -0.39 is 0 Å². The number of fused-ring (bicyclic) bond motifs is 12. The molecule has 0 amide bonds. The summed E-state index contributed by atoms with van der Waals surface area (Å²) in [6, 6.07) is 36.8. The number of benzene rings is 6. The lowest BCUT2D eigenvalue weighted by Gasteiger charge is -2.24. The monoisotopic (exact) mass is 460 g/mol. The van der Waals surface area contributed by atoms with Crippen LogP contribution >= 0.6 is 0 Å². The van der Waals surface area contributed by atoms with Gasteiger partial charge in [-0.2, -0.15) is 0 Å². The molecule has 6 aromatic rings. The van der Waals surface area contributed by atoms with Crippen molar-refractivity contribution < 1.29 is 0 Å². The van der Waals surface area contributed by atoms with Crippen molar-refractivity contribution in [2.75, 3.05) is 0 Å². The summed E-state index contributed by atoms with van der Waals surface area (Å²) in [4.78, 5) is 0. The predicted molar refractivity (Wildman–Crippen MR) is 154 cm³/mol. The maximum Gasteiger partial charge on any atom is 0.0159 e. The topological polar surface area (TPSA) is 0 Å². The first-order chi connectivity index (χ1) is 17.4. The van der Waals surface area contributed by atoms with Gasteiger partial charge in [0, 0.05) is 10.8 Å². The molecule has 0 aliphatic heterocycles. The molecule has 0 nitrogen and oxygen atoms in total. The SMILES string of the molecule is CC1(C)c2ccccc2-c2cc3c(cc21)-c1c(ccc2c1ccc1ccc4ccccc4c12)C3(C)C. The summed E-state index contributed by atoms with van der Waals surface area (Å²) in [5.41, 5.74) is 11.4. The Hall–Kier alpha value is -3.90. The van der Waals surface area contributed by atoms with Gasteiger partial charge in [-0.25, -0.2) is 0 Å². The van der Waals surface area contributed by atoms with Crippen LogP contribution in [0.25, 0.3) is 54.6 Å². The summed E-state index contributed by atoms with van der Waals surface area (Å²) >= 11 is 0. The highest BCUT2D eigenvalue weighted by Crippen LogP contribution is 2.57. The van der Waals surface area contributed by atoms with Crippen molar-refractivity contribution in [2.24, 2.45) is 0 Å². The van der Waals surface area contributed by atoms with Gasteiger partial charge in [0.25, 0.3) is 0 Å². The van der Waals surface area contributed by atoms with Gasteiger partial charge in [0.1, 0.15) is 0 Å². The van der Waals surface area contributed by atoms with E-state index in [4.69, 9.17) is 0 Å². The first-order valence-corrected chi connectivity index (χ1v) is 13.0. The number of rotatable bonds is 0. The van der Waals surface area contributed by atoms with Crippen molar-refractivity contribution >= 4 is 32.3 Å². The van der Waals surface area contributed by atoms with Gasteiger partial charge in [0.15, 0.2) is 0 Å². The van der Waals surface area contributed by atoms with Crippen LogP contribution in [0.15, 0.2) is 97.1 Å². The lowest BCUT2D eigenvalue weighted by atomic mass is 9.79. The lowest BCUT2D eigenvalue weighted by Crippen LogP contribution is -2.16. The largest absolute Gasteiger partial charge is 0.0619 e. The van der Waals surface area contributed by atoms with Crippen molar-refractivity contribution in [3.63, 3.8) is 0 Å². The van der Waals surface area contributed by atoms with Gasteiger partial charge in [-0.05, 0) is 89.0 Å². The average molecular weight is 461 g/mol. The quantitative estimate of drug-likeness (QED) is 0.198. The van der Waals surface area contributed by atoms with Crippen molar-refractivity contribution in [3.05, 3.63) is 119 Å². The van der Waals surface area contributed by atoms with Gasteiger partial charge in [-0.3, -0.25) is 0 Å². The lowest BCUT2D eigenvalue weighted by molar-refractivity contribution is 0.652. The Morgan fingerprint density at radius 2 is 1.06 bits per heavy atom. The smallest absolute Gasteiger partial charge is 0.0159 e. The van der Waals surface area contributed by atoms with Crippen molar-refractivity contribution in [2.45, 2.75) is 38.5 Å². The van der Waals surface area contributed by atoms with Gasteiger partial charge in [0.05, 0.1) is 0 Å². The molecule has 172 valence electrons. The molecule has 0 aromatic heterocycles. The van der Waals surface area contributed by atoms with E-state index in [1.165, 1.54) is 76.8 Å². The van der Waals surface area contributed by atoms with Crippen LogP contribution in [0.4, 0.5) is 0 Å². The van der Waals surface area contributed by atoms with Crippen LogP contribution in [0.5, 0.6) is 0 Å². The highest BCUT2D eigenvalue weighted by Gasteiger charge is 2.42. The van der Waals surface area contributed by atoms with Gasteiger partial charge in [-0.1, -0.05) is 113 Å². The van der Waals surface area contributed by atoms with Crippen LogP contribution in [0.2, 0.25) is 0 Å². The fourth-order valence-electron chi connectivity index (χ4n) is 7.34. The molecular weight excluding hydrogens is 432 g/mol. The van der Waals surface area contributed by atoms with E-state index in [0.717, 1.165) is 0 Å². The van der Waals surface area contributed by atoms with E-state index in [1.807, 2.05) is 0 Å². The second-order valence-electron chi connectivity index (χ2n) is 11.8. The zero-order chi connectivity index (χ0) is 24.4. The molecule has 8 rings (SSSR count). The van der Waals surface area contributed by atoms with Crippen LogP contribution < -0.4 is 0 Å². The van der Waals surface area contributed by atoms with Crippen molar-refractivity contribution in [1.29, 1.82) is 0 Å². The van der Waals surface area contributed by atoms with Crippen LogP contribution in [0.3, 0.4) is 0 Å². The van der Waals surface area contributed by atoms with Crippen LogP contribution in [0, 0.1) is 0 Å². The molecule has 2 aliphatic carbocycles. The Kier molecular flexibility index (Phi) is 3.64. The summed E-state index contributed by atoms with van der Waals surface area (Å²) in [6.07, 6.45) is 0. The summed E-state index contributed by atoms with van der Waals surface area (Å²) < 4.78 is 0. The highest BCUT2D eigenvalue weighted by atomic mass is 14.4. The minimum absolute atomic E-state index is 0.00133. The fraction of sp³-hybridized carbons (Fsp3) is 0.167. The average Bonchev–Trinajstić information content (AvgIpc) is 3.27. The summed E-state index contributed by atoms with van der Waals surface area (Å²) in [5, 5.41) is 8.04. The summed E-state index contributed by atoms with van der Waals surface area (Å²) in [6.45, 7) is 9.57. The first-order valence-electron chi connectivity index (χ1n) is 13.0. The standard InChI is InChI=1S/C36H28/c1-35(2)29-12-8-7-11-24(29)27-19-32-28(20-31(27)35)34-26-16-15-22-14-13-21-9-5-6-10-23(21)33(22)25(26)17-18-30(34)36(32,3)4/h5-20H,1-4H3. The molecule has 0 heteroatoms. The second-order valence-corrected chi connectivity index (χ2v) is 11.8. The highest BCUT2D eigenvalue weighted by molar-refractivity contribution is 6.23. The predicted octanol–water partition coefficient (Wildman–Crippen LogP) is 9.76. The van der Waals surface area contributed by atoms with Crippen LogP contribution in [-0.2, 0) is 10.8 Å². The third kappa shape index (κ3) is 2.31. The zero-order valence-corrected chi connectivity index (χ0v) is 21.2. The molecule has 0 radical (unpaired) electrons. The van der Waals surface area contributed by atoms with E-state index in [-0.39, 0.29) is 10.8 Å². The minimum Gasteiger partial charge on any atom is -0.0619 e. The third-order valence-corrected chi connectivity index (χ3v) is 9.24. The van der Waals surface area contributed by atoms with E-state index in [1.54, 1.807) is 0 Å². The summed E-state index contributed by atoms with van der Waals surface area (Å²) in [5.74, 6) is 0. The Morgan fingerprint density at radius 1 is 0.417 bits per heavy atom. The minimum atomic E-state index is -0.0384. The Labute approximate surface area is 212 Å². The van der Waals surface area contributed by atoms with E-state index >= 15 is 0 Å². The van der Waals surface area contributed by atoms with Crippen molar-refractivity contribution in [1.82, 2.24) is 0 Å². The van der Waals surface area contributed by atoms with E-state index in [0.29, 0.717) is 0 Å². The molecule has 0 unspecified atom stereocenters. The molecule has 6 aromatic carbocycles. The molecule has 0 fully saturated rings. The fourth-order valence-corrected chi connectivity index (χ4v) is 7.34. The van der Waals surface area contributed by atoms with Gasteiger partial charge < -0.3 is 0 Å². The third-order valence-electron chi connectivity index (χ3n) is 9.24. The Bertz CT molecular complexity index is 1930. The molecule has 0 N–H and O–H groups in total. The molecule has 0 spiro atoms. The second kappa shape index (κ2) is 6.45. The van der Waals surface area contributed by atoms with Gasteiger partial charge in [-0.15, -0.1) is 0 Å². The molecule has 0 atom stereocenters. The maximum absolute atomic E-state index is 2.53. The Morgan fingerprint density at radius 3 is 1.94 bits per heavy atom. The number of hydrogen-bond donors (Lipinski definition) is 0.